The third kappa shape index (κ3) is 4.98. The summed E-state index contributed by atoms with van der Waals surface area (Å²) in [5.74, 6) is 1.12. The maximum atomic E-state index is 13.0. The Bertz CT molecular complexity index is 1370. The molecule has 1 aliphatic rings. The lowest BCUT2D eigenvalue weighted by atomic mass is 10.0. The number of hydrogen-bond acceptors (Lipinski definition) is 6. The number of rotatable bonds is 7. The standard InChI is InChI=1S/C29H25NO4S/c1-3-32-29(31)27-24(15-21-11-14-25-26(16-21)34-18-33-25)19(2)35-28(27)30-17-20-9-12-23(13-10-20)22-7-5-4-6-8-22/h4-14,16-17H,3,15,18H2,1-2H3. The number of fused-ring (bicyclic) bond motifs is 1. The van der Waals surface area contributed by atoms with Gasteiger partial charge in [-0.25, -0.2) is 9.79 Å². The number of hydrogen-bond donors (Lipinski definition) is 0. The summed E-state index contributed by atoms with van der Waals surface area (Å²) in [6.07, 6.45) is 2.38. The molecule has 0 bridgehead atoms. The van der Waals surface area contributed by atoms with Crippen molar-refractivity contribution in [3.63, 3.8) is 0 Å². The summed E-state index contributed by atoms with van der Waals surface area (Å²) >= 11 is 1.50. The van der Waals surface area contributed by atoms with Gasteiger partial charge in [-0.05, 0) is 60.2 Å². The fourth-order valence-corrected chi connectivity index (χ4v) is 5.06. The van der Waals surface area contributed by atoms with E-state index in [0.717, 1.165) is 38.6 Å². The summed E-state index contributed by atoms with van der Waals surface area (Å²) in [4.78, 5) is 18.7. The number of aliphatic imine (C=N–C) groups is 1. The highest BCUT2D eigenvalue weighted by atomic mass is 32.1. The molecule has 0 unspecified atom stereocenters. The Morgan fingerprint density at radius 2 is 1.74 bits per heavy atom. The molecule has 0 saturated carbocycles. The lowest BCUT2D eigenvalue weighted by molar-refractivity contribution is 0.0527. The number of aryl methyl sites for hydroxylation is 1. The first-order chi connectivity index (χ1) is 17.1. The second-order valence-electron chi connectivity index (χ2n) is 8.15. The first-order valence-corrected chi connectivity index (χ1v) is 12.3. The van der Waals surface area contributed by atoms with Crippen molar-refractivity contribution in [1.29, 1.82) is 0 Å². The van der Waals surface area contributed by atoms with Crippen LogP contribution in [0.4, 0.5) is 5.00 Å². The predicted molar refractivity (Wildman–Crippen MR) is 140 cm³/mol. The van der Waals surface area contributed by atoms with E-state index in [1.165, 1.54) is 16.9 Å². The minimum atomic E-state index is -0.348. The molecule has 0 saturated heterocycles. The zero-order chi connectivity index (χ0) is 24.2. The van der Waals surface area contributed by atoms with Crippen LogP contribution < -0.4 is 9.47 Å². The summed E-state index contributed by atoms with van der Waals surface area (Å²) < 4.78 is 16.3. The topological polar surface area (TPSA) is 57.1 Å². The third-order valence-electron chi connectivity index (χ3n) is 5.84. The second kappa shape index (κ2) is 10.2. The minimum Gasteiger partial charge on any atom is -0.462 e. The predicted octanol–water partition coefficient (Wildman–Crippen LogP) is 6.97. The normalized spacial score (nSPS) is 12.3. The Labute approximate surface area is 208 Å². The van der Waals surface area contributed by atoms with E-state index in [0.29, 0.717) is 23.6 Å². The molecule has 2 heterocycles. The van der Waals surface area contributed by atoms with Crippen molar-refractivity contribution < 1.29 is 19.0 Å². The molecule has 176 valence electrons. The summed E-state index contributed by atoms with van der Waals surface area (Å²) in [5.41, 5.74) is 5.77. The Hall–Kier alpha value is -3.90. The molecule has 35 heavy (non-hydrogen) atoms. The first kappa shape index (κ1) is 22.9. The van der Waals surface area contributed by atoms with Gasteiger partial charge in [-0.2, -0.15) is 0 Å². The third-order valence-corrected chi connectivity index (χ3v) is 6.89. The van der Waals surface area contributed by atoms with Crippen molar-refractivity contribution in [2.45, 2.75) is 20.3 Å². The van der Waals surface area contributed by atoms with Gasteiger partial charge in [-0.3, -0.25) is 0 Å². The van der Waals surface area contributed by atoms with Crippen molar-refractivity contribution in [2.24, 2.45) is 4.99 Å². The summed E-state index contributed by atoms with van der Waals surface area (Å²) in [5, 5.41) is 0.656. The number of benzene rings is 3. The molecule has 0 radical (unpaired) electrons. The van der Waals surface area contributed by atoms with Crippen molar-refractivity contribution >= 4 is 28.5 Å². The molecule has 1 aliphatic heterocycles. The van der Waals surface area contributed by atoms with Crippen LogP contribution in [0.15, 0.2) is 77.8 Å². The summed E-state index contributed by atoms with van der Waals surface area (Å²) in [7, 11) is 0. The maximum absolute atomic E-state index is 13.0. The van der Waals surface area contributed by atoms with Crippen LogP contribution in [0.2, 0.25) is 0 Å². The molecule has 5 nitrogen and oxygen atoms in total. The van der Waals surface area contributed by atoms with Crippen molar-refractivity contribution in [2.75, 3.05) is 13.4 Å². The van der Waals surface area contributed by atoms with Gasteiger partial charge in [-0.1, -0.05) is 60.7 Å². The highest BCUT2D eigenvalue weighted by Gasteiger charge is 2.24. The van der Waals surface area contributed by atoms with E-state index in [4.69, 9.17) is 19.2 Å². The van der Waals surface area contributed by atoms with Crippen LogP contribution in [0.25, 0.3) is 11.1 Å². The van der Waals surface area contributed by atoms with Gasteiger partial charge >= 0.3 is 5.97 Å². The van der Waals surface area contributed by atoms with Gasteiger partial charge in [0.2, 0.25) is 6.79 Å². The monoisotopic (exact) mass is 483 g/mol. The number of thiophene rings is 1. The average Bonchev–Trinajstić information content (AvgIpc) is 3.47. The smallest absolute Gasteiger partial charge is 0.341 e. The van der Waals surface area contributed by atoms with Gasteiger partial charge in [0.1, 0.15) is 10.6 Å². The number of nitrogens with zero attached hydrogens (tertiary/aromatic N) is 1. The molecule has 0 fully saturated rings. The molecule has 5 rings (SSSR count). The van der Waals surface area contributed by atoms with Gasteiger partial charge < -0.3 is 14.2 Å². The van der Waals surface area contributed by atoms with Crippen molar-refractivity contribution in [3.05, 3.63) is 99.9 Å². The largest absolute Gasteiger partial charge is 0.462 e. The Balaban J connectivity index is 1.43. The van der Waals surface area contributed by atoms with Crippen LogP contribution in [-0.2, 0) is 11.2 Å². The van der Waals surface area contributed by atoms with E-state index >= 15 is 0 Å². The molecule has 3 aromatic carbocycles. The molecule has 1 aromatic heterocycles. The maximum Gasteiger partial charge on any atom is 0.341 e. The van der Waals surface area contributed by atoms with E-state index in [1.54, 1.807) is 6.21 Å². The Morgan fingerprint density at radius 1 is 1.00 bits per heavy atom. The van der Waals surface area contributed by atoms with Gasteiger partial charge in [0.25, 0.3) is 0 Å². The second-order valence-corrected chi connectivity index (χ2v) is 9.35. The zero-order valence-corrected chi connectivity index (χ0v) is 20.4. The Morgan fingerprint density at radius 3 is 2.51 bits per heavy atom. The van der Waals surface area contributed by atoms with Crippen LogP contribution in [0.5, 0.6) is 11.5 Å². The molecule has 0 N–H and O–H groups in total. The van der Waals surface area contributed by atoms with Crippen molar-refractivity contribution in [3.8, 4) is 22.6 Å². The summed E-state index contributed by atoms with van der Waals surface area (Å²) in [6, 6.07) is 24.3. The van der Waals surface area contributed by atoms with Gasteiger partial charge in [0, 0.05) is 11.1 Å². The lowest BCUT2D eigenvalue weighted by Crippen LogP contribution is -2.07. The fraction of sp³-hybridized carbons (Fsp3) is 0.172. The van der Waals surface area contributed by atoms with E-state index in [-0.39, 0.29) is 12.8 Å². The molecule has 0 amide bonds. The molecule has 0 aliphatic carbocycles. The first-order valence-electron chi connectivity index (χ1n) is 11.5. The van der Waals surface area contributed by atoms with Crippen LogP contribution in [0, 0.1) is 6.92 Å². The SMILES string of the molecule is CCOC(=O)c1c(N=Cc2ccc(-c3ccccc3)cc2)sc(C)c1Cc1ccc2c(c1)OCO2. The highest BCUT2D eigenvalue weighted by Crippen LogP contribution is 2.39. The lowest BCUT2D eigenvalue weighted by Gasteiger charge is -2.08. The van der Waals surface area contributed by atoms with Gasteiger partial charge in [0.15, 0.2) is 11.5 Å². The molecule has 0 spiro atoms. The van der Waals surface area contributed by atoms with E-state index in [1.807, 2.05) is 62.4 Å². The fourth-order valence-electron chi connectivity index (χ4n) is 4.06. The number of carbonyl (C=O) groups excluding carboxylic acids is 1. The number of ether oxygens (including phenoxy) is 3. The van der Waals surface area contributed by atoms with Crippen LogP contribution >= 0.6 is 11.3 Å². The summed E-state index contributed by atoms with van der Waals surface area (Å²) in [6.45, 7) is 4.37. The number of carbonyl (C=O) groups is 1. The number of esters is 1. The molecule has 0 atom stereocenters. The van der Waals surface area contributed by atoms with Crippen LogP contribution in [-0.4, -0.2) is 25.6 Å². The van der Waals surface area contributed by atoms with E-state index in [2.05, 4.69) is 24.3 Å². The quantitative estimate of drug-likeness (QED) is 0.210. The molecular formula is C29H25NO4S. The minimum absolute atomic E-state index is 0.232. The van der Waals surface area contributed by atoms with E-state index < -0.39 is 0 Å². The molecule has 6 heteroatoms. The van der Waals surface area contributed by atoms with Crippen molar-refractivity contribution in [1.82, 2.24) is 0 Å². The highest BCUT2D eigenvalue weighted by molar-refractivity contribution is 7.16. The van der Waals surface area contributed by atoms with Crippen LogP contribution in [0.1, 0.15) is 38.8 Å². The molecular weight excluding hydrogens is 458 g/mol. The molecule has 4 aromatic rings. The van der Waals surface area contributed by atoms with E-state index in [9.17, 15) is 4.79 Å². The Kier molecular flexibility index (Phi) is 6.64. The van der Waals surface area contributed by atoms with Crippen LogP contribution in [0.3, 0.4) is 0 Å². The van der Waals surface area contributed by atoms with Gasteiger partial charge in [-0.15, -0.1) is 11.3 Å². The van der Waals surface area contributed by atoms with Gasteiger partial charge in [0.05, 0.1) is 6.61 Å². The zero-order valence-electron chi connectivity index (χ0n) is 19.6. The average molecular weight is 484 g/mol.